The summed E-state index contributed by atoms with van der Waals surface area (Å²) in [7, 11) is 1.93. The number of aryl methyl sites for hydroxylation is 1. The maximum atomic E-state index is 9.22. The molecule has 0 saturated carbocycles. The zero-order valence-corrected chi connectivity index (χ0v) is 11.1. The Bertz CT molecular complexity index is 612. The lowest BCUT2D eigenvalue weighted by atomic mass is 10.1. The third kappa shape index (κ3) is 2.75. The van der Waals surface area contributed by atoms with Gasteiger partial charge in [0.2, 0.25) is 0 Å². The third-order valence-electron chi connectivity index (χ3n) is 3.15. The Kier molecular flexibility index (Phi) is 3.84. The van der Waals surface area contributed by atoms with Crippen molar-refractivity contribution in [3.05, 3.63) is 59.2 Å². The second kappa shape index (κ2) is 5.55. The molecule has 3 nitrogen and oxygen atoms in total. The van der Waals surface area contributed by atoms with Crippen LogP contribution in [0, 0.1) is 18.3 Å². The molecule has 0 fully saturated rings. The molecule has 0 aliphatic carbocycles. The standard InChI is InChI=1S/C16H16N2O/c1-12-3-6-15(7-4-12)18(2)16-8-5-13(11-19)9-14(16)10-17/h3-9,19H,11H2,1-2H3. The van der Waals surface area contributed by atoms with E-state index in [4.69, 9.17) is 5.11 Å². The normalized spacial score (nSPS) is 10.0. The molecule has 0 aliphatic heterocycles. The molecular formula is C16H16N2O. The van der Waals surface area contributed by atoms with E-state index in [1.54, 1.807) is 6.07 Å². The monoisotopic (exact) mass is 252 g/mol. The summed E-state index contributed by atoms with van der Waals surface area (Å²) in [6, 6.07) is 15.7. The van der Waals surface area contributed by atoms with Crippen molar-refractivity contribution in [1.29, 1.82) is 5.26 Å². The molecule has 0 atom stereocenters. The Hall–Kier alpha value is -2.31. The second-order valence-corrected chi connectivity index (χ2v) is 4.52. The second-order valence-electron chi connectivity index (χ2n) is 4.52. The van der Waals surface area contributed by atoms with E-state index in [1.165, 1.54) is 5.56 Å². The smallest absolute Gasteiger partial charge is 0.101 e. The van der Waals surface area contributed by atoms with E-state index in [0.717, 1.165) is 16.9 Å². The highest BCUT2D eigenvalue weighted by Crippen LogP contribution is 2.27. The molecule has 3 heteroatoms. The summed E-state index contributed by atoms with van der Waals surface area (Å²) in [5.74, 6) is 0. The van der Waals surface area contributed by atoms with Gasteiger partial charge in [-0.1, -0.05) is 23.8 Å². The van der Waals surface area contributed by atoms with Crippen molar-refractivity contribution in [3.63, 3.8) is 0 Å². The quantitative estimate of drug-likeness (QED) is 0.913. The van der Waals surface area contributed by atoms with Gasteiger partial charge in [0.15, 0.2) is 0 Å². The average molecular weight is 252 g/mol. The number of nitrogens with zero attached hydrogens (tertiary/aromatic N) is 2. The molecule has 2 aromatic carbocycles. The van der Waals surface area contributed by atoms with Gasteiger partial charge in [-0.3, -0.25) is 0 Å². The largest absolute Gasteiger partial charge is 0.392 e. The van der Waals surface area contributed by atoms with Gasteiger partial charge in [0, 0.05) is 12.7 Å². The number of aliphatic hydroxyl groups is 1. The van der Waals surface area contributed by atoms with Gasteiger partial charge in [-0.2, -0.15) is 5.26 Å². The lowest BCUT2D eigenvalue weighted by Crippen LogP contribution is -2.11. The summed E-state index contributed by atoms with van der Waals surface area (Å²) < 4.78 is 0. The van der Waals surface area contributed by atoms with Gasteiger partial charge in [-0.25, -0.2) is 0 Å². The van der Waals surface area contributed by atoms with E-state index >= 15 is 0 Å². The summed E-state index contributed by atoms with van der Waals surface area (Å²) in [6.45, 7) is 1.99. The molecule has 19 heavy (non-hydrogen) atoms. The fourth-order valence-corrected chi connectivity index (χ4v) is 1.97. The topological polar surface area (TPSA) is 47.3 Å². The van der Waals surface area contributed by atoms with Crippen LogP contribution in [-0.2, 0) is 6.61 Å². The fourth-order valence-electron chi connectivity index (χ4n) is 1.97. The molecule has 0 spiro atoms. The molecule has 96 valence electrons. The molecule has 0 heterocycles. The van der Waals surface area contributed by atoms with E-state index in [9.17, 15) is 5.26 Å². The van der Waals surface area contributed by atoms with Crippen molar-refractivity contribution in [1.82, 2.24) is 0 Å². The van der Waals surface area contributed by atoms with Crippen molar-refractivity contribution in [2.75, 3.05) is 11.9 Å². The van der Waals surface area contributed by atoms with E-state index in [-0.39, 0.29) is 6.61 Å². The van der Waals surface area contributed by atoms with Crippen LogP contribution in [0.25, 0.3) is 0 Å². The maximum absolute atomic E-state index is 9.22. The lowest BCUT2D eigenvalue weighted by molar-refractivity contribution is 0.282. The van der Waals surface area contributed by atoms with E-state index in [2.05, 4.69) is 6.07 Å². The van der Waals surface area contributed by atoms with Crippen LogP contribution < -0.4 is 4.90 Å². The van der Waals surface area contributed by atoms with Gasteiger partial charge in [-0.15, -0.1) is 0 Å². The van der Waals surface area contributed by atoms with Crippen LogP contribution in [0.15, 0.2) is 42.5 Å². The van der Waals surface area contributed by atoms with Crippen LogP contribution >= 0.6 is 0 Å². The number of nitriles is 1. The Morgan fingerprint density at radius 2 is 1.84 bits per heavy atom. The minimum absolute atomic E-state index is 0.0524. The van der Waals surface area contributed by atoms with Crippen molar-refractivity contribution in [2.45, 2.75) is 13.5 Å². The third-order valence-corrected chi connectivity index (χ3v) is 3.15. The fraction of sp³-hybridized carbons (Fsp3) is 0.188. The Morgan fingerprint density at radius 3 is 2.42 bits per heavy atom. The van der Waals surface area contributed by atoms with E-state index < -0.39 is 0 Å². The molecule has 0 unspecified atom stereocenters. The van der Waals surface area contributed by atoms with Gasteiger partial charge in [-0.05, 0) is 36.8 Å². The predicted molar refractivity (Wildman–Crippen MR) is 76.3 cm³/mol. The SMILES string of the molecule is Cc1ccc(N(C)c2ccc(CO)cc2C#N)cc1. The van der Waals surface area contributed by atoms with Gasteiger partial charge < -0.3 is 10.0 Å². The summed E-state index contributed by atoms with van der Waals surface area (Å²) >= 11 is 0. The van der Waals surface area contributed by atoms with Crippen molar-refractivity contribution >= 4 is 11.4 Å². The summed E-state index contributed by atoms with van der Waals surface area (Å²) in [5, 5.41) is 18.3. The molecule has 0 radical (unpaired) electrons. The van der Waals surface area contributed by atoms with Crippen molar-refractivity contribution < 1.29 is 5.11 Å². The number of benzene rings is 2. The molecule has 0 amide bonds. The molecule has 0 saturated heterocycles. The van der Waals surface area contributed by atoms with Gasteiger partial charge in [0.1, 0.15) is 6.07 Å². The molecule has 0 aromatic heterocycles. The predicted octanol–water partition coefficient (Wildman–Crippen LogP) is 3.13. The molecule has 1 N–H and O–H groups in total. The van der Waals surface area contributed by atoms with Crippen LogP contribution in [0.2, 0.25) is 0 Å². The number of aliphatic hydroxyl groups excluding tert-OH is 1. The highest BCUT2D eigenvalue weighted by molar-refractivity contribution is 5.69. The zero-order chi connectivity index (χ0) is 13.8. The highest BCUT2D eigenvalue weighted by Gasteiger charge is 2.09. The number of rotatable bonds is 3. The number of anilines is 2. The van der Waals surface area contributed by atoms with Crippen molar-refractivity contribution in [2.24, 2.45) is 0 Å². The highest BCUT2D eigenvalue weighted by atomic mass is 16.3. The first-order valence-corrected chi connectivity index (χ1v) is 6.10. The van der Waals surface area contributed by atoms with Crippen LogP contribution in [0.4, 0.5) is 11.4 Å². The first kappa shape index (κ1) is 13.1. The Morgan fingerprint density at radius 1 is 1.16 bits per heavy atom. The van der Waals surface area contributed by atoms with Crippen LogP contribution in [0.1, 0.15) is 16.7 Å². The molecule has 2 aromatic rings. The first-order chi connectivity index (χ1) is 9.15. The van der Waals surface area contributed by atoms with E-state index in [0.29, 0.717) is 5.56 Å². The van der Waals surface area contributed by atoms with Crippen LogP contribution in [0.3, 0.4) is 0 Å². The number of hydrogen-bond donors (Lipinski definition) is 1. The van der Waals surface area contributed by atoms with Gasteiger partial charge >= 0.3 is 0 Å². The Balaban J connectivity index is 2.41. The maximum Gasteiger partial charge on any atom is 0.101 e. The molecule has 2 rings (SSSR count). The van der Waals surface area contributed by atoms with Crippen LogP contribution in [0.5, 0.6) is 0 Å². The zero-order valence-electron chi connectivity index (χ0n) is 11.1. The Labute approximate surface area is 113 Å². The van der Waals surface area contributed by atoms with E-state index in [1.807, 2.05) is 55.3 Å². The average Bonchev–Trinajstić information content (AvgIpc) is 2.46. The minimum atomic E-state index is -0.0524. The van der Waals surface area contributed by atoms with Gasteiger partial charge in [0.05, 0.1) is 17.9 Å². The van der Waals surface area contributed by atoms with Crippen molar-refractivity contribution in [3.8, 4) is 6.07 Å². The number of hydrogen-bond acceptors (Lipinski definition) is 3. The first-order valence-electron chi connectivity index (χ1n) is 6.10. The van der Waals surface area contributed by atoms with Gasteiger partial charge in [0.25, 0.3) is 0 Å². The molecule has 0 aliphatic rings. The van der Waals surface area contributed by atoms with Crippen LogP contribution in [-0.4, -0.2) is 12.2 Å². The molecule has 0 bridgehead atoms. The summed E-state index contributed by atoms with van der Waals surface area (Å²) in [6.07, 6.45) is 0. The summed E-state index contributed by atoms with van der Waals surface area (Å²) in [4.78, 5) is 1.97. The molecular weight excluding hydrogens is 236 g/mol. The minimum Gasteiger partial charge on any atom is -0.392 e. The summed E-state index contributed by atoms with van der Waals surface area (Å²) in [5.41, 5.74) is 4.38. The lowest BCUT2D eigenvalue weighted by Gasteiger charge is -2.21.